The van der Waals surface area contributed by atoms with Gasteiger partial charge in [-0.3, -0.25) is 0 Å². The van der Waals surface area contributed by atoms with E-state index in [0.29, 0.717) is 5.02 Å². The van der Waals surface area contributed by atoms with Gasteiger partial charge in [0.25, 0.3) is 0 Å². The third-order valence-corrected chi connectivity index (χ3v) is 8.77. The molecule has 0 unspecified atom stereocenters. The number of fused-ring (bicyclic) bond motifs is 8. The maximum absolute atomic E-state index is 6.62. The lowest BCUT2D eigenvalue weighted by molar-refractivity contribution is 0.669. The zero-order valence-electron chi connectivity index (χ0n) is 20.2. The summed E-state index contributed by atoms with van der Waals surface area (Å²) < 4.78 is 8.88. The molecular weight excluding hydrogens is 506 g/mol. The van der Waals surface area contributed by atoms with E-state index in [0.717, 1.165) is 49.8 Å². The Hall–Kier alpha value is -4.31. The topological polar surface area (TPSA) is 16.4 Å². The number of nitrogens with zero attached hydrogens (tertiary/aromatic N) is 1. The van der Waals surface area contributed by atoms with Crippen molar-refractivity contribution in [2.75, 3.05) is 4.90 Å². The van der Waals surface area contributed by atoms with Crippen LogP contribution in [0.1, 0.15) is 0 Å². The molecule has 2 heterocycles. The molecule has 0 aliphatic heterocycles. The number of rotatable bonds is 3. The molecule has 8 aromatic rings. The molecule has 0 saturated carbocycles. The summed E-state index contributed by atoms with van der Waals surface area (Å²) in [7, 11) is 0. The zero-order valence-corrected chi connectivity index (χ0v) is 21.8. The first-order valence-electron chi connectivity index (χ1n) is 12.5. The van der Waals surface area contributed by atoms with Crippen molar-refractivity contribution in [3.05, 3.63) is 126 Å². The van der Waals surface area contributed by atoms with E-state index in [2.05, 4.69) is 114 Å². The van der Waals surface area contributed by atoms with Crippen LogP contribution in [0.2, 0.25) is 5.02 Å². The second-order valence-electron chi connectivity index (χ2n) is 9.51. The normalized spacial score (nSPS) is 11.8. The Bertz CT molecular complexity index is 2160. The average molecular weight is 526 g/mol. The largest absolute Gasteiger partial charge is 0.456 e. The van der Waals surface area contributed by atoms with E-state index in [1.165, 1.54) is 20.2 Å². The second-order valence-corrected chi connectivity index (χ2v) is 11.0. The fourth-order valence-corrected chi connectivity index (χ4v) is 6.95. The van der Waals surface area contributed by atoms with E-state index in [1.54, 1.807) is 0 Å². The van der Waals surface area contributed by atoms with Crippen molar-refractivity contribution in [2.24, 2.45) is 0 Å². The van der Waals surface area contributed by atoms with Gasteiger partial charge < -0.3 is 9.32 Å². The van der Waals surface area contributed by atoms with Gasteiger partial charge in [-0.15, -0.1) is 11.3 Å². The van der Waals surface area contributed by atoms with Gasteiger partial charge in [0.2, 0.25) is 0 Å². The first-order chi connectivity index (χ1) is 18.7. The molecule has 0 N–H and O–H groups in total. The number of hydrogen-bond donors (Lipinski definition) is 0. The van der Waals surface area contributed by atoms with Crippen molar-refractivity contribution in [3.63, 3.8) is 0 Å². The fraction of sp³-hybridized carbons (Fsp3) is 0. The van der Waals surface area contributed by atoms with E-state index < -0.39 is 0 Å². The van der Waals surface area contributed by atoms with Gasteiger partial charge in [0.05, 0.1) is 5.02 Å². The van der Waals surface area contributed by atoms with Crippen LogP contribution in [-0.2, 0) is 0 Å². The third-order valence-electron chi connectivity index (χ3n) is 7.30. The molecule has 2 aromatic heterocycles. The number of thiophene rings is 1. The summed E-state index contributed by atoms with van der Waals surface area (Å²) >= 11 is 8.46. The Kier molecular flexibility index (Phi) is 4.78. The van der Waals surface area contributed by atoms with Crippen LogP contribution >= 0.6 is 22.9 Å². The van der Waals surface area contributed by atoms with Crippen LogP contribution in [0.5, 0.6) is 0 Å². The predicted octanol–water partition coefficient (Wildman–Crippen LogP) is 11.2. The molecule has 6 aromatic carbocycles. The summed E-state index contributed by atoms with van der Waals surface area (Å²) in [5, 5.41) is 7.58. The standard InChI is InChI=1S/C34H20ClNOS/c35-29-20-31-34(26-12-5-4-10-24(26)29)28-19-22(14-16-30(28)37-31)36(21-8-2-1-3-9-21)23-15-17-33-27(18-23)25-11-6-7-13-32(25)38-33/h1-20H. The highest BCUT2D eigenvalue weighted by atomic mass is 35.5. The van der Waals surface area contributed by atoms with Gasteiger partial charge in [0, 0.05) is 59.5 Å². The van der Waals surface area contributed by atoms with E-state index in [4.69, 9.17) is 16.0 Å². The molecule has 4 heteroatoms. The number of benzene rings is 6. The van der Waals surface area contributed by atoms with Crippen molar-refractivity contribution in [1.82, 2.24) is 0 Å². The van der Waals surface area contributed by atoms with Crippen molar-refractivity contribution in [3.8, 4) is 0 Å². The van der Waals surface area contributed by atoms with E-state index in [-0.39, 0.29) is 0 Å². The van der Waals surface area contributed by atoms with Gasteiger partial charge in [-0.1, -0.05) is 72.3 Å². The molecule has 0 spiro atoms. The summed E-state index contributed by atoms with van der Waals surface area (Å²) in [6.07, 6.45) is 0. The number of para-hydroxylation sites is 1. The van der Waals surface area contributed by atoms with Crippen LogP contribution in [0.15, 0.2) is 126 Å². The predicted molar refractivity (Wildman–Crippen MR) is 164 cm³/mol. The van der Waals surface area contributed by atoms with Gasteiger partial charge in [0.15, 0.2) is 0 Å². The van der Waals surface area contributed by atoms with Crippen LogP contribution in [0, 0.1) is 0 Å². The summed E-state index contributed by atoms with van der Waals surface area (Å²) in [5.41, 5.74) is 4.95. The Balaban J connectivity index is 1.40. The minimum atomic E-state index is 0.703. The lowest BCUT2D eigenvalue weighted by atomic mass is 10.0. The van der Waals surface area contributed by atoms with Crippen LogP contribution in [0.3, 0.4) is 0 Å². The molecule has 0 atom stereocenters. The molecule has 0 amide bonds. The first kappa shape index (κ1) is 21.7. The molecule has 0 radical (unpaired) electrons. The van der Waals surface area contributed by atoms with Crippen molar-refractivity contribution in [1.29, 1.82) is 0 Å². The van der Waals surface area contributed by atoms with Gasteiger partial charge in [0.1, 0.15) is 11.2 Å². The third kappa shape index (κ3) is 3.26. The van der Waals surface area contributed by atoms with Gasteiger partial charge in [-0.25, -0.2) is 0 Å². The number of hydrogen-bond acceptors (Lipinski definition) is 3. The SMILES string of the molecule is Clc1cc2oc3ccc(N(c4ccccc4)c4ccc5sc6ccccc6c5c4)cc3c2c2ccccc12. The molecule has 0 fully saturated rings. The zero-order chi connectivity index (χ0) is 25.2. The van der Waals surface area contributed by atoms with Crippen LogP contribution in [0.25, 0.3) is 52.9 Å². The Morgan fingerprint density at radius 2 is 1.16 bits per heavy atom. The van der Waals surface area contributed by atoms with Crippen molar-refractivity contribution >= 4 is 92.9 Å². The molecule has 0 aliphatic carbocycles. The number of halogens is 1. The number of anilines is 3. The van der Waals surface area contributed by atoms with Crippen LogP contribution in [0.4, 0.5) is 17.1 Å². The monoisotopic (exact) mass is 525 g/mol. The van der Waals surface area contributed by atoms with E-state index >= 15 is 0 Å². The molecule has 0 bridgehead atoms. The molecule has 0 aliphatic rings. The quantitative estimate of drug-likeness (QED) is 0.228. The smallest absolute Gasteiger partial charge is 0.137 e. The highest BCUT2D eigenvalue weighted by Gasteiger charge is 2.18. The number of furan rings is 1. The van der Waals surface area contributed by atoms with E-state index in [9.17, 15) is 0 Å². The summed E-state index contributed by atoms with van der Waals surface area (Å²) in [4.78, 5) is 2.32. The molecule has 8 rings (SSSR count). The van der Waals surface area contributed by atoms with Crippen molar-refractivity contribution in [2.45, 2.75) is 0 Å². The van der Waals surface area contributed by atoms with Gasteiger partial charge in [-0.05, 0) is 60.0 Å². The Morgan fingerprint density at radius 1 is 0.500 bits per heavy atom. The lowest BCUT2D eigenvalue weighted by Crippen LogP contribution is -2.09. The fourth-order valence-electron chi connectivity index (χ4n) is 5.60. The van der Waals surface area contributed by atoms with Crippen LogP contribution < -0.4 is 4.90 Å². The van der Waals surface area contributed by atoms with Gasteiger partial charge in [-0.2, -0.15) is 0 Å². The second kappa shape index (κ2) is 8.35. The first-order valence-corrected chi connectivity index (χ1v) is 13.7. The maximum atomic E-state index is 6.62. The lowest BCUT2D eigenvalue weighted by Gasteiger charge is -2.25. The minimum Gasteiger partial charge on any atom is -0.456 e. The molecule has 2 nitrogen and oxygen atoms in total. The highest BCUT2D eigenvalue weighted by Crippen LogP contribution is 2.43. The summed E-state index contributed by atoms with van der Waals surface area (Å²) in [5.74, 6) is 0. The Labute approximate surface area is 227 Å². The van der Waals surface area contributed by atoms with E-state index in [1.807, 2.05) is 23.5 Å². The Morgan fingerprint density at radius 3 is 2.00 bits per heavy atom. The van der Waals surface area contributed by atoms with Crippen molar-refractivity contribution < 1.29 is 4.42 Å². The summed E-state index contributed by atoms with van der Waals surface area (Å²) in [6, 6.07) is 42.6. The molecule has 180 valence electrons. The maximum Gasteiger partial charge on any atom is 0.137 e. The van der Waals surface area contributed by atoms with Gasteiger partial charge >= 0.3 is 0 Å². The summed E-state index contributed by atoms with van der Waals surface area (Å²) in [6.45, 7) is 0. The molecular formula is C34H20ClNOS. The molecule has 0 saturated heterocycles. The highest BCUT2D eigenvalue weighted by molar-refractivity contribution is 7.25. The minimum absolute atomic E-state index is 0.703. The van der Waals surface area contributed by atoms with Crippen LogP contribution in [-0.4, -0.2) is 0 Å². The average Bonchev–Trinajstić information content (AvgIpc) is 3.51. The molecule has 38 heavy (non-hydrogen) atoms.